The van der Waals surface area contributed by atoms with Gasteiger partial charge in [-0.25, -0.2) is 0 Å². The monoisotopic (exact) mass is 262 g/mol. The third kappa shape index (κ3) is 4.31. The van der Waals surface area contributed by atoms with Gasteiger partial charge in [-0.2, -0.15) is 0 Å². The number of hydrogen-bond donors (Lipinski definition) is 1. The summed E-state index contributed by atoms with van der Waals surface area (Å²) in [6.07, 6.45) is 7.43. The molecule has 0 amide bonds. The van der Waals surface area contributed by atoms with Crippen LogP contribution in [-0.2, 0) is 11.3 Å². The molecule has 1 fully saturated rings. The van der Waals surface area contributed by atoms with Gasteiger partial charge in [0.15, 0.2) is 0 Å². The van der Waals surface area contributed by atoms with Crippen molar-refractivity contribution in [3.8, 4) is 0 Å². The van der Waals surface area contributed by atoms with Gasteiger partial charge in [0.2, 0.25) is 0 Å². The molecule has 0 radical (unpaired) electrons. The number of carboxylic acid groups (broad SMARTS) is 1. The van der Waals surface area contributed by atoms with Gasteiger partial charge in [-0.3, -0.25) is 9.78 Å². The number of nitrogens with zero attached hydrogens (tertiary/aromatic N) is 2. The predicted octanol–water partition coefficient (Wildman–Crippen LogP) is 2.40. The van der Waals surface area contributed by atoms with Gasteiger partial charge >= 0.3 is 5.97 Å². The standard InChI is InChI=1S/C15H22N2O2/c1-17(11-13-3-2-8-16-9-13)10-12-4-6-14(7-5-12)15(18)19/h2-3,8-9,12,14H,4-7,10-11H2,1H3,(H,18,19). The molecule has 0 spiro atoms. The Bertz CT molecular complexity index is 400. The summed E-state index contributed by atoms with van der Waals surface area (Å²) in [6, 6.07) is 4.05. The lowest BCUT2D eigenvalue weighted by Gasteiger charge is -2.29. The molecule has 1 N–H and O–H groups in total. The van der Waals surface area contributed by atoms with E-state index in [9.17, 15) is 4.79 Å². The van der Waals surface area contributed by atoms with Crippen LogP contribution in [0.5, 0.6) is 0 Å². The van der Waals surface area contributed by atoms with E-state index in [0.717, 1.165) is 38.8 Å². The van der Waals surface area contributed by atoms with Gasteiger partial charge < -0.3 is 10.0 Å². The number of hydrogen-bond acceptors (Lipinski definition) is 3. The third-order valence-electron chi connectivity index (χ3n) is 3.94. The van der Waals surface area contributed by atoms with Crippen LogP contribution in [0.25, 0.3) is 0 Å². The highest BCUT2D eigenvalue weighted by Gasteiger charge is 2.26. The van der Waals surface area contributed by atoms with Crippen molar-refractivity contribution < 1.29 is 9.90 Å². The maximum atomic E-state index is 10.9. The fraction of sp³-hybridized carbons (Fsp3) is 0.600. The van der Waals surface area contributed by atoms with Crippen molar-refractivity contribution in [2.45, 2.75) is 32.2 Å². The van der Waals surface area contributed by atoms with Crippen LogP contribution in [0.3, 0.4) is 0 Å². The highest BCUT2D eigenvalue weighted by molar-refractivity contribution is 5.69. The van der Waals surface area contributed by atoms with E-state index in [0.29, 0.717) is 5.92 Å². The summed E-state index contributed by atoms with van der Waals surface area (Å²) in [5.41, 5.74) is 1.23. The Labute approximate surface area is 114 Å². The van der Waals surface area contributed by atoms with Crippen molar-refractivity contribution in [2.24, 2.45) is 11.8 Å². The highest BCUT2D eigenvalue weighted by atomic mass is 16.4. The molecule has 1 aliphatic rings. The number of aliphatic carboxylic acids is 1. The first kappa shape index (κ1) is 14.0. The molecule has 1 saturated carbocycles. The molecule has 4 nitrogen and oxygen atoms in total. The number of rotatable bonds is 5. The van der Waals surface area contributed by atoms with E-state index in [4.69, 9.17) is 5.11 Å². The van der Waals surface area contributed by atoms with E-state index < -0.39 is 5.97 Å². The Balaban J connectivity index is 1.75. The fourth-order valence-corrected chi connectivity index (χ4v) is 2.90. The first-order chi connectivity index (χ1) is 9.15. The zero-order chi connectivity index (χ0) is 13.7. The average molecular weight is 262 g/mol. The second-order valence-corrected chi connectivity index (χ2v) is 5.61. The van der Waals surface area contributed by atoms with Gasteiger partial charge in [0.1, 0.15) is 0 Å². The maximum absolute atomic E-state index is 10.9. The number of carboxylic acids is 1. The smallest absolute Gasteiger partial charge is 0.306 e. The third-order valence-corrected chi connectivity index (χ3v) is 3.94. The summed E-state index contributed by atoms with van der Waals surface area (Å²) >= 11 is 0. The SMILES string of the molecule is CN(Cc1cccnc1)CC1CCC(C(=O)O)CC1. The van der Waals surface area contributed by atoms with Crippen LogP contribution in [0.15, 0.2) is 24.5 Å². The number of carbonyl (C=O) groups is 1. The first-order valence-electron chi connectivity index (χ1n) is 6.95. The summed E-state index contributed by atoms with van der Waals surface area (Å²) in [5, 5.41) is 8.98. The van der Waals surface area contributed by atoms with E-state index in [1.807, 2.05) is 12.3 Å². The van der Waals surface area contributed by atoms with Crippen LogP contribution < -0.4 is 0 Å². The van der Waals surface area contributed by atoms with Crippen molar-refractivity contribution in [1.82, 2.24) is 9.88 Å². The van der Waals surface area contributed by atoms with Crippen LogP contribution in [0.2, 0.25) is 0 Å². The highest BCUT2D eigenvalue weighted by Crippen LogP contribution is 2.29. The predicted molar refractivity (Wildman–Crippen MR) is 73.7 cm³/mol. The van der Waals surface area contributed by atoms with Crippen molar-refractivity contribution >= 4 is 5.97 Å². The zero-order valence-corrected chi connectivity index (χ0v) is 11.5. The molecule has 0 unspecified atom stereocenters. The zero-order valence-electron chi connectivity index (χ0n) is 11.5. The Morgan fingerprint density at radius 2 is 2.16 bits per heavy atom. The number of pyridine rings is 1. The summed E-state index contributed by atoms with van der Waals surface area (Å²) in [6.45, 7) is 1.95. The van der Waals surface area contributed by atoms with Crippen LogP contribution in [-0.4, -0.2) is 34.6 Å². The first-order valence-corrected chi connectivity index (χ1v) is 6.95. The Morgan fingerprint density at radius 1 is 1.42 bits per heavy atom. The lowest BCUT2D eigenvalue weighted by atomic mass is 9.82. The molecule has 1 aliphatic carbocycles. The second-order valence-electron chi connectivity index (χ2n) is 5.61. The van der Waals surface area contributed by atoms with Crippen LogP contribution >= 0.6 is 0 Å². The van der Waals surface area contributed by atoms with E-state index in [1.54, 1.807) is 6.20 Å². The number of aromatic nitrogens is 1. The molecule has 0 aliphatic heterocycles. The van der Waals surface area contributed by atoms with E-state index >= 15 is 0 Å². The Morgan fingerprint density at radius 3 is 2.74 bits per heavy atom. The van der Waals surface area contributed by atoms with Crippen LogP contribution in [0.1, 0.15) is 31.2 Å². The normalized spacial score (nSPS) is 23.5. The van der Waals surface area contributed by atoms with Gasteiger partial charge in [0.05, 0.1) is 5.92 Å². The van der Waals surface area contributed by atoms with Crippen molar-refractivity contribution in [1.29, 1.82) is 0 Å². The van der Waals surface area contributed by atoms with Gasteiger partial charge in [0, 0.05) is 25.5 Å². The summed E-state index contributed by atoms with van der Waals surface area (Å²) < 4.78 is 0. The minimum absolute atomic E-state index is 0.111. The fourth-order valence-electron chi connectivity index (χ4n) is 2.90. The van der Waals surface area contributed by atoms with E-state index in [2.05, 4.69) is 23.0 Å². The summed E-state index contributed by atoms with van der Waals surface area (Å²) in [4.78, 5) is 17.3. The molecular weight excluding hydrogens is 240 g/mol. The lowest BCUT2D eigenvalue weighted by Crippen LogP contribution is -2.30. The van der Waals surface area contributed by atoms with Gasteiger partial charge in [-0.1, -0.05) is 6.07 Å². The van der Waals surface area contributed by atoms with Gasteiger partial charge in [0.25, 0.3) is 0 Å². The second kappa shape index (κ2) is 6.66. The van der Waals surface area contributed by atoms with Crippen LogP contribution in [0, 0.1) is 11.8 Å². The molecule has 0 bridgehead atoms. The molecule has 0 aromatic carbocycles. The molecule has 4 heteroatoms. The molecule has 2 rings (SSSR count). The molecule has 19 heavy (non-hydrogen) atoms. The van der Waals surface area contributed by atoms with E-state index in [1.165, 1.54) is 5.56 Å². The van der Waals surface area contributed by atoms with Crippen LogP contribution in [0.4, 0.5) is 0 Å². The molecule has 1 aromatic heterocycles. The van der Waals surface area contributed by atoms with Crippen molar-refractivity contribution in [3.05, 3.63) is 30.1 Å². The summed E-state index contributed by atoms with van der Waals surface area (Å²) in [7, 11) is 2.12. The van der Waals surface area contributed by atoms with Gasteiger partial charge in [-0.15, -0.1) is 0 Å². The average Bonchev–Trinajstić information content (AvgIpc) is 2.40. The lowest BCUT2D eigenvalue weighted by molar-refractivity contribution is -0.143. The molecular formula is C15H22N2O2. The topological polar surface area (TPSA) is 53.4 Å². The Hall–Kier alpha value is -1.42. The molecule has 0 atom stereocenters. The molecule has 0 saturated heterocycles. The van der Waals surface area contributed by atoms with Crippen molar-refractivity contribution in [2.75, 3.05) is 13.6 Å². The quantitative estimate of drug-likeness (QED) is 0.885. The van der Waals surface area contributed by atoms with E-state index in [-0.39, 0.29) is 5.92 Å². The largest absolute Gasteiger partial charge is 0.481 e. The minimum atomic E-state index is -0.623. The maximum Gasteiger partial charge on any atom is 0.306 e. The van der Waals surface area contributed by atoms with Gasteiger partial charge in [-0.05, 0) is 50.3 Å². The Kier molecular flexibility index (Phi) is 4.91. The van der Waals surface area contributed by atoms with Crippen molar-refractivity contribution in [3.63, 3.8) is 0 Å². The molecule has 1 aromatic rings. The molecule has 104 valence electrons. The molecule has 1 heterocycles. The summed E-state index contributed by atoms with van der Waals surface area (Å²) in [5.74, 6) is -0.0979. The minimum Gasteiger partial charge on any atom is -0.481 e.